The van der Waals surface area contributed by atoms with E-state index in [9.17, 15) is 33.6 Å². The van der Waals surface area contributed by atoms with Gasteiger partial charge in [0.25, 0.3) is 0 Å². The molecule has 6 N–H and O–H groups in total. The van der Waals surface area contributed by atoms with Crippen molar-refractivity contribution in [2.24, 2.45) is 5.73 Å². The van der Waals surface area contributed by atoms with E-state index in [0.717, 1.165) is 38.8 Å². The number of carboxylic acids is 2. The molecule has 5 heterocycles. The van der Waals surface area contributed by atoms with Crippen molar-refractivity contribution in [3.63, 3.8) is 0 Å². The van der Waals surface area contributed by atoms with Crippen molar-refractivity contribution in [3.8, 4) is 0 Å². The molecule has 0 spiro atoms. The molecular formula is C71H86N8O9S3. The van der Waals surface area contributed by atoms with E-state index in [1.165, 1.54) is 56.2 Å². The van der Waals surface area contributed by atoms with E-state index in [0.29, 0.717) is 12.8 Å². The van der Waals surface area contributed by atoms with Gasteiger partial charge < -0.3 is 26.6 Å². The summed E-state index contributed by atoms with van der Waals surface area (Å²) in [6, 6.07) is 49.0. The van der Waals surface area contributed by atoms with Crippen LogP contribution in [0, 0.1) is 0 Å². The second kappa shape index (κ2) is 53.8. The number of aliphatic carboxylic acids is 2. The molecular weight excluding hydrogens is 1210 g/mol. The first-order valence-electron chi connectivity index (χ1n) is 28.7. The van der Waals surface area contributed by atoms with Crippen molar-refractivity contribution >= 4 is 88.5 Å². The molecule has 0 saturated carbocycles. The number of carbonyl (C=O) groups excluding carboxylic acids is 5. The molecule has 91 heavy (non-hydrogen) atoms. The molecule has 3 unspecified atom stereocenters. The quantitative estimate of drug-likeness (QED) is 0.0372. The molecule has 0 fully saturated rings. The number of rotatable bonds is 19. The van der Waals surface area contributed by atoms with Crippen molar-refractivity contribution < 1.29 is 43.8 Å². The Kier molecular flexibility index (Phi) is 48.3. The Morgan fingerprint density at radius 3 is 0.923 bits per heavy atom. The van der Waals surface area contributed by atoms with Gasteiger partial charge in [-0.1, -0.05) is 105 Å². The summed E-state index contributed by atoms with van der Waals surface area (Å²) in [7, 11) is 4.70. The SMILES string of the molecule is CC(=O)/C=C/c1cccnc1.CC(=O)CC(Sc1ccccc1)c1cccnc1.CC(=O)CC(Sc1ccccc1)c1cccnc1.CCC.CN.CNC(C)=O.CNC(C)=O.O=C(O)/C=C/c1cccnc1.O=C(O)CC(Sc1ccccc1)c1cccnc1. The van der Waals surface area contributed by atoms with Crippen LogP contribution in [0.3, 0.4) is 0 Å². The summed E-state index contributed by atoms with van der Waals surface area (Å²) in [5, 5.41) is 22.2. The first kappa shape index (κ1) is 81.8. The number of Topliss-reactive ketones (excluding diaryl/α,β-unsaturated/α-hetero) is 2. The van der Waals surface area contributed by atoms with Crippen molar-refractivity contribution in [2.75, 3.05) is 21.1 Å². The average molecular weight is 1290 g/mol. The molecule has 2 amide bonds. The molecule has 3 aromatic carbocycles. The van der Waals surface area contributed by atoms with Crippen molar-refractivity contribution in [1.29, 1.82) is 0 Å². The molecule has 0 radical (unpaired) electrons. The monoisotopic (exact) mass is 1290 g/mol. The summed E-state index contributed by atoms with van der Waals surface area (Å²) in [5.74, 6) is -1.29. The molecule has 0 aliphatic rings. The van der Waals surface area contributed by atoms with Gasteiger partial charge in [-0.15, -0.1) is 35.3 Å². The standard InChI is InChI=1S/2C15H15NOS.C14H13NO2S.C9H9NO.C8H7NO2.2C3H7NO.C3H8.CH5N/c2*1-12(17)10-15(13-6-5-9-16-11-13)18-14-7-3-2-4-8-14;16-14(17)9-13(11-5-4-8-15-10-11)18-12-6-2-1-3-7-12;1-8(11)4-5-9-3-2-6-10-7-9;10-8(11)4-3-7-2-1-5-9-6-7;2*1-3(5)4-2;1-3-2;1-2/h2*2-9,11,15H,10H2,1H3;1-8,10,13H,9H2,(H,16,17);2-7H,1H3;1-6H,(H,10,11);2*1-2H3,(H,4,5);3H2,1-2H3;2H2,1H3/b;;;5-4+;4-3+;;;;. The van der Waals surface area contributed by atoms with E-state index in [1.807, 2.05) is 128 Å². The Labute approximate surface area is 549 Å². The molecule has 5 aromatic heterocycles. The highest BCUT2D eigenvalue weighted by Gasteiger charge is 2.18. The molecule has 0 saturated heterocycles. The van der Waals surface area contributed by atoms with Crippen LogP contribution in [-0.2, 0) is 33.6 Å². The minimum Gasteiger partial charge on any atom is -0.481 e. The average Bonchev–Trinajstić information content (AvgIpc) is 3.58. The van der Waals surface area contributed by atoms with Gasteiger partial charge in [0.05, 0.1) is 6.42 Å². The summed E-state index contributed by atoms with van der Waals surface area (Å²) in [5.41, 5.74) is 9.37. The predicted molar refractivity (Wildman–Crippen MR) is 371 cm³/mol. The first-order chi connectivity index (χ1) is 43.8. The number of carboxylic acid groups (broad SMARTS) is 2. The Bertz CT molecular complexity index is 2950. The molecule has 0 bridgehead atoms. The number of aromatic nitrogens is 5. The number of benzene rings is 3. The maximum absolute atomic E-state index is 11.4. The van der Waals surface area contributed by atoms with Gasteiger partial charge in [0.15, 0.2) is 5.78 Å². The lowest BCUT2D eigenvalue weighted by Crippen LogP contribution is -2.11. The summed E-state index contributed by atoms with van der Waals surface area (Å²) >= 11 is 4.97. The highest BCUT2D eigenvalue weighted by Crippen LogP contribution is 2.39. The zero-order valence-electron chi connectivity index (χ0n) is 53.4. The van der Waals surface area contributed by atoms with Gasteiger partial charge in [0.1, 0.15) is 11.6 Å². The third-order valence-corrected chi connectivity index (χ3v) is 14.3. The maximum atomic E-state index is 11.4. The minimum atomic E-state index is -0.950. The molecule has 482 valence electrons. The summed E-state index contributed by atoms with van der Waals surface area (Å²) in [6.07, 6.45) is 25.5. The Hall–Kier alpha value is -9.21. The fourth-order valence-electron chi connectivity index (χ4n) is 6.38. The predicted octanol–water partition coefficient (Wildman–Crippen LogP) is 14.5. The van der Waals surface area contributed by atoms with Crippen LogP contribution in [0.5, 0.6) is 0 Å². The fraction of sp³-hybridized carbons (Fsp3) is 0.239. The van der Waals surface area contributed by atoms with Gasteiger partial charge in [-0.05, 0) is 141 Å². The van der Waals surface area contributed by atoms with E-state index in [1.54, 1.807) is 131 Å². The maximum Gasteiger partial charge on any atom is 0.328 e. The Morgan fingerprint density at radius 1 is 0.429 bits per heavy atom. The van der Waals surface area contributed by atoms with Gasteiger partial charge in [-0.3, -0.25) is 53.7 Å². The second-order valence-electron chi connectivity index (χ2n) is 18.5. The van der Waals surface area contributed by atoms with E-state index in [2.05, 4.69) is 79.4 Å². The number of hydrogen-bond acceptors (Lipinski definition) is 16. The molecule has 8 aromatic rings. The second-order valence-corrected chi connectivity index (χ2v) is 22.4. The van der Waals surface area contributed by atoms with Crippen molar-refractivity contribution in [1.82, 2.24) is 35.6 Å². The fourth-order valence-corrected chi connectivity index (χ4v) is 10.00. The number of nitrogens with two attached hydrogens (primary N) is 1. The van der Waals surface area contributed by atoms with Gasteiger partial charge in [0, 0.05) is 139 Å². The molecule has 8 rings (SSSR count). The number of pyridine rings is 5. The zero-order chi connectivity index (χ0) is 67.9. The topological polar surface area (TPSA) is 274 Å². The number of allylic oxidation sites excluding steroid dienone is 1. The van der Waals surface area contributed by atoms with Crippen molar-refractivity contribution in [2.45, 2.75) is 105 Å². The van der Waals surface area contributed by atoms with Crippen LogP contribution >= 0.6 is 35.3 Å². The molecule has 3 atom stereocenters. The van der Waals surface area contributed by atoms with Gasteiger partial charge in [0.2, 0.25) is 11.8 Å². The van der Waals surface area contributed by atoms with Crippen LogP contribution in [-0.4, -0.2) is 97.4 Å². The van der Waals surface area contributed by atoms with Crippen LogP contribution < -0.4 is 16.4 Å². The van der Waals surface area contributed by atoms with Crippen LogP contribution in [0.4, 0.5) is 0 Å². The lowest BCUT2D eigenvalue weighted by molar-refractivity contribution is -0.137. The zero-order valence-corrected chi connectivity index (χ0v) is 55.8. The summed E-state index contributed by atoms with van der Waals surface area (Å²) in [6.45, 7) is 12.0. The highest BCUT2D eigenvalue weighted by molar-refractivity contribution is 8.00. The first-order valence-corrected chi connectivity index (χ1v) is 31.3. The van der Waals surface area contributed by atoms with Crippen molar-refractivity contribution in [3.05, 3.63) is 254 Å². The van der Waals surface area contributed by atoms with E-state index in [4.69, 9.17) is 10.2 Å². The van der Waals surface area contributed by atoms with E-state index >= 15 is 0 Å². The van der Waals surface area contributed by atoms with Gasteiger partial charge in [-0.25, -0.2) is 4.79 Å². The highest BCUT2D eigenvalue weighted by atomic mass is 32.2. The van der Waals surface area contributed by atoms with Crippen LogP contribution in [0.25, 0.3) is 12.2 Å². The third-order valence-electron chi connectivity index (χ3n) is 10.5. The van der Waals surface area contributed by atoms with Crippen LogP contribution in [0.1, 0.15) is 118 Å². The Balaban J connectivity index is 0.00000106. The molecule has 17 nitrogen and oxygen atoms in total. The number of thioether (sulfide) groups is 3. The van der Waals surface area contributed by atoms with Gasteiger partial charge >= 0.3 is 11.9 Å². The molecule has 0 aliphatic heterocycles. The number of carbonyl (C=O) groups is 7. The normalized spacial score (nSPS) is 10.6. The smallest absolute Gasteiger partial charge is 0.328 e. The minimum absolute atomic E-state index is 0.00463. The summed E-state index contributed by atoms with van der Waals surface area (Å²) < 4.78 is 0. The van der Waals surface area contributed by atoms with E-state index < -0.39 is 11.9 Å². The number of amides is 2. The number of nitrogens with zero attached hydrogens (tertiary/aromatic N) is 5. The number of ketones is 3. The van der Waals surface area contributed by atoms with Crippen LogP contribution in [0.15, 0.2) is 240 Å². The molecule has 0 aliphatic carbocycles. The lowest BCUT2D eigenvalue weighted by atomic mass is 10.1. The lowest BCUT2D eigenvalue weighted by Gasteiger charge is -2.15. The largest absolute Gasteiger partial charge is 0.481 e. The Morgan fingerprint density at radius 2 is 0.703 bits per heavy atom. The van der Waals surface area contributed by atoms with Gasteiger partial charge in [-0.2, -0.15) is 0 Å². The summed E-state index contributed by atoms with van der Waals surface area (Å²) in [4.78, 5) is 97.1. The molecule has 20 heteroatoms. The number of hydrogen-bond donors (Lipinski definition) is 5. The third kappa shape index (κ3) is 45.7. The number of nitrogens with one attached hydrogen (secondary N) is 2. The van der Waals surface area contributed by atoms with Crippen LogP contribution in [0.2, 0.25) is 0 Å². The van der Waals surface area contributed by atoms with E-state index in [-0.39, 0.29) is 51.3 Å².